The van der Waals surface area contributed by atoms with Crippen molar-refractivity contribution in [3.8, 4) is 0 Å². The predicted octanol–water partition coefficient (Wildman–Crippen LogP) is 1.69. The van der Waals surface area contributed by atoms with E-state index in [1.807, 2.05) is 6.26 Å². The summed E-state index contributed by atoms with van der Waals surface area (Å²) in [6, 6.07) is 3.43. The number of aromatic nitrogens is 3. The van der Waals surface area contributed by atoms with Crippen molar-refractivity contribution in [2.45, 2.75) is 5.16 Å². The summed E-state index contributed by atoms with van der Waals surface area (Å²) in [6.07, 6.45) is 3.55. The van der Waals surface area contributed by atoms with Crippen molar-refractivity contribution in [1.29, 1.82) is 0 Å². The Morgan fingerprint density at radius 1 is 1.50 bits per heavy atom. The summed E-state index contributed by atoms with van der Waals surface area (Å²) in [5.74, 6) is 0. The van der Waals surface area contributed by atoms with Crippen LogP contribution in [0.2, 0.25) is 0 Å². The number of aromatic amines is 1. The second-order valence-electron chi connectivity index (χ2n) is 2.50. The molecule has 0 fully saturated rings. The Kier molecular flexibility index (Phi) is 2.74. The zero-order chi connectivity index (χ0) is 9.97. The van der Waals surface area contributed by atoms with Gasteiger partial charge in [-0.15, -0.1) is 0 Å². The Hall–Kier alpha value is -1.01. The van der Waals surface area contributed by atoms with E-state index in [9.17, 15) is 4.79 Å². The maximum atomic E-state index is 11.5. The molecule has 0 saturated heterocycles. The van der Waals surface area contributed by atoms with Gasteiger partial charge in [-0.25, -0.2) is 9.97 Å². The lowest BCUT2D eigenvalue weighted by molar-refractivity contribution is 0.967. The Labute approximate surface area is 87.9 Å². The summed E-state index contributed by atoms with van der Waals surface area (Å²) in [4.78, 5) is 22.4. The smallest absolute Gasteiger partial charge is 0.261 e. The molecule has 2 aromatic rings. The number of H-pyrrole nitrogens is 1. The van der Waals surface area contributed by atoms with Crippen molar-refractivity contribution >= 4 is 32.6 Å². The molecule has 0 bridgehead atoms. The van der Waals surface area contributed by atoms with Gasteiger partial charge >= 0.3 is 0 Å². The first-order valence-corrected chi connectivity index (χ1v) is 6.43. The molecular weight excluding hydrogens is 218 g/mol. The van der Waals surface area contributed by atoms with E-state index in [0.717, 1.165) is 0 Å². The van der Waals surface area contributed by atoms with Crippen LogP contribution in [0.5, 0.6) is 0 Å². The molecule has 2 aromatic heterocycles. The fraction of sp³-hybridized carbons (Fsp3) is 0.125. The van der Waals surface area contributed by atoms with Crippen LogP contribution in [0.25, 0.3) is 11.0 Å². The number of hydrogen-bond donors (Lipinski definition) is 1. The minimum atomic E-state index is -0.139. The largest absolute Gasteiger partial charge is 0.300 e. The number of hydrogen-bond acceptors (Lipinski definition) is 5. The molecule has 0 aromatic carbocycles. The number of pyridine rings is 1. The van der Waals surface area contributed by atoms with Gasteiger partial charge in [0.1, 0.15) is 0 Å². The highest BCUT2D eigenvalue weighted by Gasteiger charge is 2.03. The van der Waals surface area contributed by atoms with Crippen molar-refractivity contribution in [1.82, 2.24) is 15.0 Å². The van der Waals surface area contributed by atoms with Gasteiger partial charge in [0.25, 0.3) is 5.56 Å². The molecular formula is C8H7N3OS2. The van der Waals surface area contributed by atoms with Gasteiger partial charge in [0, 0.05) is 6.20 Å². The number of rotatable bonds is 2. The van der Waals surface area contributed by atoms with Crippen LogP contribution in [-0.2, 0) is 0 Å². The van der Waals surface area contributed by atoms with Gasteiger partial charge in [-0.2, -0.15) is 0 Å². The minimum Gasteiger partial charge on any atom is -0.300 e. The van der Waals surface area contributed by atoms with Crippen LogP contribution in [0.15, 0.2) is 28.3 Å². The highest BCUT2D eigenvalue weighted by Crippen LogP contribution is 2.24. The van der Waals surface area contributed by atoms with Gasteiger partial charge in [0.2, 0.25) is 0 Å². The maximum Gasteiger partial charge on any atom is 0.261 e. The van der Waals surface area contributed by atoms with Crippen LogP contribution in [0.3, 0.4) is 0 Å². The van der Waals surface area contributed by atoms with Gasteiger partial charge in [0.05, 0.1) is 5.39 Å². The average molecular weight is 225 g/mol. The first-order chi connectivity index (χ1) is 6.81. The molecule has 0 aliphatic heterocycles. The molecule has 14 heavy (non-hydrogen) atoms. The lowest BCUT2D eigenvalue weighted by atomic mass is 10.3. The van der Waals surface area contributed by atoms with E-state index >= 15 is 0 Å². The zero-order valence-corrected chi connectivity index (χ0v) is 8.98. The molecule has 72 valence electrons. The van der Waals surface area contributed by atoms with E-state index in [-0.39, 0.29) is 5.56 Å². The van der Waals surface area contributed by atoms with E-state index in [0.29, 0.717) is 16.2 Å². The Morgan fingerprint density at radius 2 is 2.36 bits per heavy atom. The fourth-order valence-electron chi connectivity index (χ4n) is 1.07. The van der Waals surface area contributed by atoms with Crippen molar-refractivity contribution in [3.05, 3.63) is 28.7 Å². The second kappa shape index (κ2) is 4.02. The summed E-state index contributed by atoms with van der Waals surface area (Å²) in [5.41, 5.74) is 0.354. The van der Waals surface area contributed by atoms with Crippen LogP contribution in [-0.4, -0.2) is 21.2 Å². The van der Waals surface area contributed by atoms with Crippen LogP contribution < -0.4 is 5.56 Å². The van der Waals surface area contributed by atoms with Crippen LogP contribution in [0, 0.1) is 0 Å². The lowest BCUT2D eigenvalue weighted by Crippen LogP contribution is -2.09. The minimum absolute atomic E-state index is 0.139. The van der Waals surface area contributed by atoms with E-state index in [2.05, 4.69) is 15.0 Å². The molecule has 1 N–H and O–H groups in total. The molecule has 0 unspecified atom stereocenters. The maximum absolute atomic E-state index is 11.5. The summed E-state index contributed by atoms with van der Waals surface area (Å²) in [7, 11) is 2.94. The van der Waals surface area contributed by atoms with Crippen LogP contribution in [0.4, 0.5) is 0 Å². The molecule has 0 aliphatic rings. The highest BCUT2D eigenvalue weighted by atomic mass is 33.1. The number of fused-ring (bicyclic) bond motifs is 1. The monoisotopic (exact) mass is 225 g/mol. The van der Waals surface area contributed by atoms with Gasteiger partial charge in [-0.3, -0.25) is 4.79 Å². The molecule has 0 radical (unpaired) electrons. The first-order valence-electron chi connectivity index (χ1n) is 3.87. The molecule has 0 spiro atoms. The third-order valence-corrected chi connectivity index (χ3v) is 3.11. The van der Waals surface area contributed by atoms with Gasteiger partial charge in [-0.05, 0) is 29.2 Å². The zero-order valence-electron chi connectivity index (χ0n) is 7.35. The van der Waals surface area contributed by atoms with Crippen molar-refractivity contribution in [3.63, 3.8) is 0 Å². The molecule has 2 rings (SSSR count). The van der Waals surface area contributed by atoms with E-state index in [1.165, 1.54) is 21.6 Å². The molecule has 6 heteroatoms. The summed E-state index contributed by atoms with van der Waals surface area (Å²) in [5, 5.41) is 1.12. The third kappa shape index (κ3) is 1.76. The molecule has 2 heterocycles. The Balaban J connectivity index is 2.66. The quantitative estimate of drug-likeness (QED) is 0.622. The SMILES string of the molecule is CSSc1nc2ncccc2c(=O)[nH]1. The Bertz CT molecular complexity index is 511. The summed E-state index contributed by atoms with van der Waals surface area (Å²) < 4.78 is 0. The molecule has 0 amide bonds. The summed E-state index contributed by atoms with van der Waals surface area (Å²) >= 11 is 0. The molecule has 0 atom stereocenters. The van der Waals surface area contributed by atoms with Crippen LogP contribution in [0.1, 0.15) is 0 Å². The van der Waals surface area contributed by atoms with Crippen molar-refractivity contribution < 1.29 is 0 Å². The lowest BCUT2D eigenvalue weighted by Gasteiger charge is -1.98. The van der Waals surface area contributed by atoms with E-state index in [1.54, 1.807) is 18.3 Å². The highest BCUT2D eigenvalue weighted by molar-refractivity contribution is 8.76. The first kappa shape index (κ1) is 9.54. The number of nitrogens with zero attached hydrogens (tertiary/aromatic N) is 2. The van der Waals surface area contributed by atoms with E-state index < -0.39 is 0 Å². The molecule has 4 nitrogen and oxygen atoms in total. The van der Waals surface area contributed by atoms with Gasteiger partial charge < -0.3 is 4.98 Å². The van der Waals surface area contributed by atoms with Crippen molar-refractivity contribution in [2.24, 2.45) is 0 Å². The standard InChI is InChI=1S/C8H7N3OS2/c1-13-14-8-10-6-5(7(12)11-8)3-2-4-9-6/h2-4H,1H3,(H,9,10,11,12). The van der Waals surface area contributed by atoms with E-state index in [4.69, 9.17) is 0 Å². The number of nitrogens with one attached hydrogen (secondary N) is 1. The van der Waals surface area contributed by atoms with Crippen LogP contribution >= 0.6 is 21.6 Å². The topological polar surface area (TPSA) is 58.6 Å². The Morgan fingerprint density at radius 3 is 3.14 bits per heavy atom. The normalized spacial score (nSPS) is 10.6. The predicted molar refractivity (Wildman–Crippen MR) is 59.5 cm³/mol. The summed E-state index contributed by atoms with van der Waals surface area (Å²) in [6.45, 7) is 0. The van der Waals surface area contributed by atoms with Crippen molar-refractivity contribution in [2.75, 3.05) is 6.26 Å². The average Bonchev–Trinajstić information content (AvgIpc) is 2.18. The second-order valence-corrected chi connectivity index (χ2v) is 4.88. The van der Waals surface area contributed by atoms with Gasteiger partial charge in [0.15, 0.2) is 10.8 Å². The van der Waals surface area contributed by atoms with Gasteiger partial charge in [-0.1, -0.05) is 10.8 Å². The molecule has 0 aliphatic carbocycles. The molecule has 0 saturated carbocycles. The fourth-order valence-corrected chi connectivity index (χ4v) is 2.20. The third-order valence-electron chi connectivity index (χ3n) is 1.62.